The number of nitrogens with zero attached hydrogens (tertiary/aromatic N) is 2. The molecule has 1 saturated heterocycles. The van der Waals surface area contributed by atoms with Crippen molar-refractivity contribution in [1.82, 2.24) is 15.5 Å². The van der Waals surface area contributed by atoms with Crippen LogP contribution in [0.4, 0.5) is 0 Å². The molecule has 142 valence electrons. The van der Waals surface area contributed by atoms with E-state index >= 15 is 0 Å². The standard InChI is InChI=1S/C19H32N4O.HI/c1-4-13-23(14-5-1)15-12-21-19(22-17-7-2-3-8-17)20-11-10-18-9-6-16-24-18;/h6,9,16-17H,1-5,7-8,10-15H2,(H2,20,21,22);1H. The van der Waals surface area contributed by atoms with E-state index in [1.807, 2.05) is 12.1 Å². The maximum Gasteiger partial charge on any atom is 0.191 e. The first kappa shape index (κ1) is 20.6. The van der Waals surface area contributed by atoms with Crippen molar-refractivity contribution in [3.63, 3.8) is 0 Å². The maximum absolute atomic E-state index is 5.40. The van der Waals surface area contributed by atoms with Crippen molar-refractivity contribution in [2.75, 3.05) is 32.7 Å². The van der Waals surface area contributed by atoms with Crippen molar-refractivity contribution < 1.29 is 4.42 Å². The van der Waals surface area contributed by atoms with Gasteiger partial charge in [0.05, 0.1) is 12.8 Å². The fraction of sp³-hybridized carbons (Fsp3) is 0.737. The van der Waals surface area contributed by atoms with Crippen LogP contribution in [0.25, 0.3) is 0 Å². The molecule has 1 aliphatic carbocycles. The Kier molecular flexibility index (Phi) is 9.68. The van der Waals surface area contributed by atoms with Crippen molar-refractivity contribution in [1.29, 1.82) is 0 Å². The molecule has 0 unspecified atom stereocenters. The lowest BCUT2D eigenvalue weighted by Gasteiger charge is -2.25. The van der Waals surface area contributed by atoms with E-state index in [1.54, 1.807) is 6.26 Å². The summed E-state index contributed by atoms with van der Waals surface area (Å²) in [4.78, 5) is 7.37. The predicted octanol–water partition coefficient (Wildman–Crippen LogP) is 3.40. The molecule has 0 bridgehead atoms. The normalized spacial score (nSPS) is 19.6. The molecular formula is C19H33IN4O. The van der Waals surface area contributed by atoms with Gasteiger partial charge in [-0.15, -0.1) is 24.0 Å². The number of hydrogen-bond donors (Lipinski definition) is 2. The van der Waals surface area contributed by atoms with E-state index in [0.29, 0.717) is 6.04 Å². The van der Waals surface area contributed by atoms with Crippen LogP contribution in [0.1, 0.15) is 50.7 Å². The molecule has 0 amide bonds. The minimum atomic E-state index is 0. The summed E-state index contributed by atoms with van der Waals surface area (Å²) in [6, 6.07) is 4.56. The first-order chi connectivity index (χ1) is 11.9. The summed E-state index contributed by atoms with van der Waals surface area (Å²) >= 11 is 0. The van der Waals surface area contributed by atoms with Crippen LogP contribution in [-0.2, 0) is 6.42 Å². The van der Waals surface area contributed by atoms with Crippen molar-refractivity contribution in [2.45, 2.75) is 57.4 Å². The lowest BCUT2D eigenvalue weighted by Crippen LogP contribution is -2.43. The summed E-state index contributed by atoms with van der Waals surface area (Å²) in [7, 11) is 0. The van der Waals surface area contributed by atoms with Crippen LogP contribution in [0.15, 0.2) is 27.8 Å². The zero-order valence-electron chi connectivity index (χ0n) is 15.2. The van der Waals surface area contributed by atoms with Gasteiger partial charge in [-0.3, -0.25) is 4.99 Å². The molecule has 6 heteroatoms. The fourth-order valence-electron chi connectivity index (χ4n) is 3.66. The minimum absolute atomic E-state index is 0. The van der Waals surface area contributed by atoms with Gasteiger partial charge in [0, 0.05) is 25.6 Å². The summed E-state index contributed by atoms with van der Waals surface area (Å²) < 4.78 is 5.40. The number of furan rings is 1. The second kappa shape index (κ2) is 11.8. The summed E-state index contributed by atoms with van der Waals surface area (Å²) in [6.45, 7) is 5.30. The van der Waals surface area contributed by atoms with Crippen LogP contribution < -0.4 is 10.6 Å². The molecule has 2 fully saturated rings. The Bertz CT molecular complexity index is 480. The molecule has 25 heavy (non-hydrogen) atoms. The molecule has 2 N–H and O–H groups in total. The number of likely N-dealkylation sites (tertiary alicyclic amines) is 1. The van der Waals surface area contributed by atoms with Crippen LogP contribution in [-0.4, -0.2) is 49.6 Å². The number of halogens is 1. The Morgan fingerprint density at radius 3 is 2.68 bits per heavy atom. The third-order valence-corrected chi connectivity index (χ3v) is 5.07. The smallest absolute Gasteiger partial charge is 0.191 e. The van der Waals surface area contributed by atoms with E-state index in [1.165, 1.54) is 58.0 Å². The molecule has 1 aromatic heterocycles. The molecule has 0 spiro atoms. The molecule has 2 aliphatic rings. The molecular weight excluding hydrogens is 427 g/mol. The quantitative estimate of drug-likeness (QED) is 0.372. The summed E-state index contributed by atoms with van der Waals surface area (Å²) in [6.07, 6.45) is 11.9. The zero-order chi connectivity index (χ0) is 16.5. The predicted molar refractivity (Wildman–Crippen MR) is 114 cm³/mol. The zero-order valence-corrected chi connectivity index (χ0v) is 17.5. The van der Waals surface area contributed by atoms with Gasteiger partial charge in [0.2, 0.25) is 0 Å². The Morgan fingerprint density at radius 1 is 1.16 bits per heavy atom. The molecule has 3 rings (SSSR count). The topological polar surface area (TPSA) is 52.8 Å². The fourth-order valence-corrected chi connectivity index (χ4v) is 3.66. The number of hydrogen-bond acceptors (Lipinski definition) is 3. The van der Waals surface area contributed by atoms with Crippen LogP contribution in [0, 0.1) is 0 Å². The van der Waals surface area contributed by atoms with Crippen LogP contribution in [0.2, 0.25) is 0 Å². The van der Waals surface area contributed by atoms with Gasteiger partial charge in [-0.1, -0.05) is 19.3 Å². The van der Waals surface area contributed by atoms with Gasteiger partial charge in [-0.05, 0) is 50.9 Å². The van der Waals surface area contributed by atoms with E-state index < -0.39 is 0 Å². The molecule has 0 radical (unpaired) electrons. The third-order valence-electron chi connectivity index (χ3n) is 5.07. The number of rotatable bonds is 7. The van der Waals surface area contributed by atoms with E-state index in [4.69, 9.17) is 9.41 Å². The molecule has 0 aromatic carbocycles. The summed E-state index contributed by atoms with van der Waals surface area (Å²) in [5.74, 6) is 2.00. The van der Waals surface area contributed by atoms with Gasteiger partial charge < -0.3 is 20.0 Å². The average Bonchev–Trinajstić information content (AvgIpc) is 3.29. The number of aliphatic imine (C=N–C) groups is 1. The second-order valence-corrected chi connectivity index (χ2v) is 7.01. The maximum atomic E-state index is 5.40. The summed E-state index contributed by atoms with van der Waals surface area (Å²) in [5.41, 5.74) is 0. The lowest BCUT2D eigenvalue weighted by molar-refractivity contribution is 0.235. The Hall–Kier alpha value is -0.760. The van der Waals surface area contributed by atoms with Crippen LogP contribution in [0.5, 0.6) is 0 Å². The van der Waals surface area contributed by atoms with E-state index in [9.17, 15) is 0 Å². The lowest BCUT2D eigenvalue weighted by atomic mass is 10.1. The van der Waals surface area contributed by atoms with Crippen LogP contribution in [0.3, 0.4) is 0 Å². The Morgan fingerprint density at radius 2 is 1.96 bits per heavy atom. The second-order valence-electron chi connectivity index (χ2n) is 7.01. The summed E-state index contributed by atoms with van der Waals surface area (Å²) in [5, 5.41) is 7.11. The highest BCUT2D eigenvalue weighted by atomic mass is 127. The number of piperidine rings is 1. The number of guanidine groups is 1. The minimum Gasteiger partial charge on any atom is -0.469 e. The van der Waals surface area contributed by atoms with Gasteiger partial charge in [-0.25, -0.2) is 0 Å². The Balaban J connectivity index is 0.00000225. The van der Waals surface area contributed by atoms with Crippen molar-refractivity contribution in [2.24, 2.45) is 4.99 Å². The first-order valence-electron chi connectivity index (χ1n) is 9.70. The average molecular weight is 460 g/mol. The van der Waals surface area contributed by atoms with Gasteiger partial charge in [-0.2, -0.15) is 0 Å². The largest absolute Gasteiger partial charge is 0.469 e. The number of nitrogens with one attached hydrogen (secondary N) is 2. The van der Waals surface area contributed by atoms with Crippen molar-refractivity contribution >= 4 is 29.9 Å². The van der Waals surface area contributed by atoms with E-state index in [2.05, 4.69) is 15.5 Å². The third kappa shape index (κ3) is 7.56. The highest BCUT2D eigenvalue weighted by molar-refractivity contribution is 14.0. The van der Waals surface area contributed by atoms with E-state index in [-0.39, 0.29) is 24.0 Å². The molecule has 1 saturated carbocycles. The molecule has 2 heterocycles. The van der Waals surface area contributed by atoms with Gasteiger partial charge in [0.15, 0.2) is 5.96 Å². The highest BCUT2D eigenvalue weighted by Gasteiger charge is 2.16. The van der Waals surface area contributed by atoms with Crippen molar-refractivity contribution in [3.05, 3.63) is 24.2 Å². The highest BCUT2D eigenvalue weighted by Crippen LogP contribution is 2.17. The SMILES string of the molecule is I.c1coc(CCNC(=NCCN2CCCCC2)NC2CCCC2)c1. The van der Waals surface area contributed by atoms with Crippen molar-refractivity contribution in [3.8, 4) is 0 Å². The first-order valence-corrected chi connectivity index (χ1v) is 9.70. The van der Waals surface area contributed by atoms with Gasteiger partial charge in [0.1, 0.15) is 5.76 Å². The Labute approximate surface area is 169 Å². The molecule has 1 aliphatic heterocycles. The van der Waals surface area contributed by atoms with Gasteiger partial charge in [0.25, 0.3) is 0 Å². The molecule has 1 aromatic rings. The molecule has 0 atom stereocenters. The monoisotopic (exact) mass is 460 g/mol. The van der Waals surface area contributed by atoms with Gasteiger partial charge >= 0.3 is 0 Å². The van der Waals surface area contributed by atoms with Crippen LogP contribution >= 0.6 is 24.0 Å². The molecule has 5 nitrogen and oxygen atoms in total. The van der Waals surface area contributed by atoms with E-state index in [0.717, 1.165) is 37.8 Å².